The first-order valence-corrected chi connectivity index (χ1v) is 39.1. The lowest BCUT2D eigenvalue weighted by atomic mass is 9.94. The van der Waals surface area contributed by atoms with E-state index in [4.69, 9.17) is 52.8 Å². The van der Waals surface area contributed by atoms with Gasteiger partial charge in [-0.15, -0.1) is 0 Å². The van der Waals surface area contributed by atoms with E-state index in [9.17, 15) is 56.4 Å². The minimum atomic E-state index is -3.88. The van der Waals surface area contributed by atoms with E-state index in [2.05, 4.69) is 20.9 Å². The molecule has 35 nitrogen and oxygen atoms in total. The zero-order valence-corrected chi connectivity index (χ0v) is 64.7. The van der Waals surface area contributed by atoms with E-state index >= 15 is 4.79 Å². The van der Waals surface area contributed by atoms with Crippen LogP contribution in [0.4, 0.5) is 0 Å². The fraction of sp³-hybridized carbons (Fsp3) is 0.657. The second-order valence-electron chi connectivity index (χ2n) is 25.8. The SMILES string of the molecule is COCCN(CC(=O)N[C@@H](CCCN=C(N)N)C(=O)N[C@@H](CCSC)C(N)=O)C(=O)CN(CCOC)C(=O)CN(CCOC)C(=O)CN(CCOC)C(=O)CN(C(=O)CN(CCCCN)C(=O)CN(CCCCN)C(=O)CN(Cc1ccccc1)C(=O)CNCCc1ccc(S(N)(=O)=O)cc1)C1CCCCC1. The van der Waals surface area contributed by atoms with Gasteiger partial charge < -0.3 is 103 Å². The lowest BCUT2D eigenvalue weighted by Crippen LogP contribution is -2.55. The van der Waals surface area contributed by atoms with Gasteiger partial charge in [-0.25, -0.2) is 13.6 Å². The number of hydrogen-bond acceptors (Lipinski definition) is 22. The van der Waals surface area contributed by atoms with Crippen molar-refractivity contribution < 1.29 is 80.1 Å². The van der Waals surface area contributed by atoms with Gasteiger partial charge in [0.15, 0.2) is 5.96 Å². The summed E-state index contributed by atoms with van der Waals surface area (Å²) in [5.41, 5.74) is 30.0. The third-order valence-electron chi connectivity index (χ3n) is 17.6. The van der Waals surface area contributed by atoms with Gasteiger partial charge >= 0.3 is 0 Å². The summed E-state index contributed by atoms with van der Waals surface area (Å²) in [6, 6.07) is 12.5. The number of nitrogens with two attached hydrogens (primary N) is 6. The first-order valence-electron chi connectivity index (χ1n) is 36.1. The molecule has 0 radical (unpaired) electrons. The molecule has 15 N–H and O–H groups in total. The zero-order chi connectivity index (χ0) is 79.1. The molecule has 0 aliphatic heterocycles. The predicted octanol–water partition coefficient (Wildman–Crippen LogP) is -3.05. The van der Waals surface area contributed by atoms with Crippen LogP contribution in [-0.2, 0) is 94.7 Å². The Bertz CT molecular complexity index is 3210. The number of nitrogens with zero attached hydrogens (tertiary/aromatic N) is 9. The van der Waals surface area contributed by atoms with Crippen LogP contribution in [0.2, 0.25) is 0 Å². The molecular formula is C70H118N18O17S2. The zero-order valence-electron chi connectivity index (χ0n) is 63.0. The number of primary sulfonamides is 1. The summed E-state index contributed by atoms with van der Waals surface area (Å²) < 4.78 is 44.9. The number of rotatable bonds is 56. The molecule has 0 aromatic heterocycles. The molecule has 37 heteroatoms. The largest absolute Gasteiger partial charge is 0.383 e. The lowest BCUT2D eigenvalue weighted by molar-refractivity contribution is -0.150. The molecule has 1 saturated carbocycles. The average Bonchev–Trinajstić information content (AvgIpc) is 0.839. The Morgan fingerprint density at radius 2 is 0.981 bits per heavy atom. The van der Waals surface area contributed by atoms with Gasteiger partial charge in [0.1, 0.15) is 25.2 Å². The fourth-order valence-electron chi connectivity index (χ4n) is 11.5. The number of benzene rings is 2. The first-order chi connectivity index (χ1) is 51.2. The molecule has 107 heavy (non-hydrogen) atoms. The smallest absolute Gasteiger partial charge is 0.243 e. The van der Waals surface area contributed by atoms with Crippen LogP contribution in [0.25, 0.3) is 0 Å². The predicted molar refractivity (Wildman–Crippen MR) is 404 cm³/mol. The molecule has 3 rings (SSSR count). The summed E-state index contributed by atoms with van der Waals surface area (Å²) in [6.07, 6.45) is 8.00. The Hall–Kier alpha value is -8.14. The molecule has 0 heterocycles. The van der Waals surface area contributed by atoms with Crippen LogP contribution < -0.4 is 49.8 Å². The highest BCUT2D eigenvalue weighted by Crippen LogP contribution is 2.24. The average molecular weight is 1550 g/mol. The summed E-state index contributed by atoms with van der Waals surface area (Å²) >= 11 is 1.44. The van der Waals surface area contributed by atoms with Gasteiger partial charge in [-0.1, -0.05) is 61.7 Å². The van der Waals surface area contributed by atoms with E-state index in [-0.39, 0.29) is 122 Å². The molecule has 0 saturated heterocycles. The van der Waals surface area contributed by atoms with Crippen LogP contribution in [0.1, 0.15) is 88.2 Å². The molecule has 1 aliphatic rings. The quantitative estimate of drug-likeness (QED) is 0.0180. The van der Waals surface area contributed by atoms with Gasteiger partial charge in [0.2, 0.25) is 75.0 Å². The molecule has 11 amide bonds. The molecule has 0 unspecified atom stereocenters. The van der Waals surface area contributed by atoms with Crippen LogP contribution in [0.15, 0.2) is 64.5 Å². The highest BCUT2D eigenvalue weighted by atomic mass is 32.2. The Morgan fingerprint density at radius 3 is 1.43 bits per heavy atom. The number of carbonyl (C=O) groups is 11. The monoisotopic (exact) mass is 1550 g/mol. The Labute approximate surface area is 633 Å². The van der Waals surface area contributed by atoms with Crippen molar-refractivity contribution in [2.75, 3.05) is 191 Å². The van der Waals surface area contributed by atoms with Gasteiger partial charge in [0, 0.05) is 86.8 Å². The summed E-state index contributed by atoms with van der Waals surface area (Å²) in [5.74, 6) is -6.78. The van der Waals surface area contributed by atoms with E-state index in [1.54, 1.807) is 12.1 Å². The Kier molecular flexibility index (Phi) is 45.9. The highest BCUT2D eigenvalue weighted by Gasteiger charge is 2.35. The minimum absolute atomic E-state index is 0.0222. The van der Waals surface area contributed by atoms with E-state index < -0.39 is 145 Å². The Balaban J connectivity index is 1.91. The molecule has 0 spiro atoms. The molecule has 1 fully saturated rings. The number of unbranched alkanes of at least 4 members (excludes halogenated alkanes) is 2. The van der Waals surface area contributed by atoms with Crippen molar-refractivity contribution in [3.63, 3.8) is 0 Å². The fourth-order valence-corrected chi connectivity index (χ4v) is 12.5. The summed E-state index contributed by atoms with van der Waals surface area (Å²) in [7, 11) is 1.69. The maximum atomic E-state index is 15.1. The standard InChI is InChI=1S/C70H118N18O17S2/c1-102-38-34-83(45-59(89)79-58(21-16-30-78-70(74)75)69(99)80-57(68(73)98)27-42-106-5)62(92)47-84(35-39-103-2)63(93)48-85(36-40-104-3)64(94)49-86(37-41-105-4)66(96)52-88(55-19-10-7-11-20-55)67(97)51-82(33-15-13-29-72)61(91)46-81(32-14-12-28-71)65(95)50-87(44-54-17-8-6-9-18-54)60(90)43-77-31-26-53-22-24-56(25-23-53)107(76,100)101/h6,8-9,17-18,22-25,55,57-58,77H,7,10-16,19-21,26-52,71-72H2,1-5H3,(H2,73,98)(H,79,89)(H,80,99)(H4,74,75,78)(H2,76,100,101)/t57-,58-/m0/s1. The number of guanidine groups is 1. The molecule has 602 valence electrons. The van der Waals surface area contributed by atoms with E-state index in [0.29, 0.717) is 63.8 Å². The van der Waals surface area contributed by atoms with Crippen LogP contribution in [0.5, 0.6) is 0 Å². The Morgan fingerprint density at radius 1 is 0.523 bits per heavy atom. The second-order valence-corrected chi connectivity index (χ2v) is 28.4. The van der Waals surface area contributed by atoms with Crippen molar-refractivity contribution in [1.82, 2.24) is 55.1 Å². The topological polar surface area (TPSA) is 489 Å². The van der Waals surface area contributed by atoms with Crippen LogP contribution in [0, 0.1) is 0 Å². The van der Waals surface area contributed by atoms with Crippen molar-refractivity contribution in [3.8, 4) is 0 Å². The number of primary amides is 1. The number of thioether (sulfide) groups is 1. The van der Waals surface area contributed by atoms with Crippen LogP contribution >= 0.6 is 11.8 Å². The van der Waals surface area contributed by atoms with Crippen molar-refractivity contribution in [1.29, 1.82) is 0 Å². The van der Waals surface area contributed by atoms with Crippen LogP contribution in [0.3, 0.4) is 0 Å². The van der Waals surface area contributed by atoms with E-state index in [1.807, 2.05) is 36.6 Å². The normalized spacial score (nSPS) is 12.7. The number of carbonyl (C=O) groups excluding carboxylic acids is 11. The highest BCUT2D eigenvalue weighted by molar-refractivity contribution is 7.98. The van der Waals surface area contributed by atoms with Gasteiger partial charge in [-0.2, -0.15) is 11.8 Å². The summed E-state index contributed by atoms with van der Waals surface area (Å²) in [4.78, 5) is 171. The maximum absolute atomic E-state index is 15.1. The molecule has 2 aromatic rings. The van der Waals surface area contributed by atoms with E-state index in [0.717, 1.165) is 40.2 Å². The summed E-state index contributed by atoms with van der Waals surface area (Å²) in [5, 5.41) is 13.6. The van der Waals surface area contributed by atoms with E-state index in [1.165, 1.54) is 81.7 Å². The third kappa shape index (κ3) is 37.0. The second kappa shape index (κ2) is 52.8. The molecule has 1 aliphatic carbocycles. The summed E-state index contributed by atoms with van der Waals surface area (Å²) in [6.45, 7) is -3.94. The number of ether oxygens (including phenoxy) is 4. The van der Waals surface area contributed by atoms with Crippen LogP contribution in [-0.4, -0.2) is 328 Å². The lowest BCUT2D eigenvalue weighted by Gasteiger charge is -2.37. The number of aliphatic imine (C=N–C) groups is 1. The molecule has 0 bridgehead atoms. The molecule has 2 aromatic carbocycles. The number of amides is 11. The molecular weight excluding hydrogens is 1430 g/mol. The minimum Gasteiger partial charge on any atom is -0.383 e. The van der Waals surface area contributed by atoms with Gasteiger partial charge in [-0.05, 0) is 119 Å². The molecule has 2 atom stereocenters. The van der Waals surface area contributed by atoms with Crippen molar-refractivity contribution in [3.05, 3.63) is 65.7 Å². The number of hydrogen-bond donors (Lipinski definition) is 9. The maximum Gasteiger partial charge on any atom is 0.243 e. The first kappa shape index (κ1) is 93.1. The van der Waals surface area contributed by atoms with Crippen molar-refractivity contribution in [2.24, 2.45) is 38.8 Å². The number of nitrogens with one attached hydrogen (secondary N) is 3. The van der Waals surface area contributed by atoms with Crippen molar-refractivity contribution in [2.45, 2.75) is 113 Å². The third-order valence-corrected chi connectivity index (χ3v) is 19.2. The number of sulfonamides is 1. The van der Waals surface area contributed by atoms with Gasteiger partial charge in [0.05, 0.1) is 77.1 Å². The van der Waals surface area contributed by atoms with Gasteiger partial charge in [0.25, 0.3) is 0 Å². The van der Waals surface area contributed by atoms with Crippen molar-refractivity contribution >= 4 is 92.7 Å². The number of methoxy groups -OCH3 is 4. The van der Waals surface area contributed by atoms with Gasteiger partial charge in [-0.3, -0.25) is 57.7 Å².